The van der Waals surface area contributed by atoms with Gasteiger partial charge in [-0.25, -0.2) is 8.78 Å². The molecule has 23 heavy (non-hydrogen) atoms. The number of nitrogens with zero attached hydrogens (tertiary/aromatic N) is 1. The number of hydrogen-bond donors (Lipinski definition) is 1. The first-order valence-electron chi connectivity index (χ1n) is 7.21. The first-order valence-corrected chi connectivity index (χ1v) is 7.21. The van der Waals surface area contributed by atoms with Crippen LogP contribution >= 0.6 is 24.8 Å². The Labute approximate surface area is 148 Å². The van der Waals surface area contributed by atoms with Crippen LogP contribution in [-0.4, -0.2) is 51.2 Å². The minimum atomic E-state index is -2.44. The maximum atomic E-state index is 13.5. The third-order valence-electron chi connectivity index (χ3n) is 3.61. The number of hydrogen-bond acceptors (Lipinski definition) is 4. The second kappa shape index (κ2) is 10.9. The van der Waals surface area contributed by atoms with Gasteiger partial charge in [-0.15, -0.1) is 24.8 Å². The molecule has 1 aliphatic rings. The number of methoxy groups -OCH3 is 1. The number of benzene rings is 1. The Balaban J connectivity index is 0.00000242. The SMILES string of the molecule is CCOc1ccc([C@H](C(F)F)N2CCNCC2)cc1OC.Cl.Cl. The molecular weight excluding hydrogens is 349 g/mol. The fourth-order valence-electron chi connectivity index (χ4n) is 2.62. The minimum absolute atomic E-state index is 0. The van der Waals surface area contributed by atoms with E-state index in [0.717, 1.165) is 13.1 Å². The Hall–Kier alpha value is -0.820. The summed E-state index contributed by atoms with van der Waals surface area (Å²) in [5.41, 5.74) is 0.562. The van der Waals surface area contributed by atoms with Gasteiger partial charge in [-0.05, 0) is 24.6 Å². The van der Waals surface area contributed by atoms with Crippen molar-refractivity contribution in [3.63, 3.8) is 0 Å². The second-order valence-corrected chi connectivity index (χ2v) is 4.91. The van der Waals surface area contributed by atoms with Crippen LogP contribution in [0.1, 0.15) is 18.5 Å². The molecule has 0 radical (unpaired) electrons. The van der Waals surface area contributed by atoms with Crippen molar-refractivity contribution in [2.24, 2.45) is 0 Å². The molecule has 0 aromatic heterocycles. The molecule has 1 fully saturated rings. The van der Waals surface area contributed by atoms with Crippen molar-refractivity contribution in [2.75, 3.05) is 39.9 Å². The van der Waals surface area contributed by atoms with E-state index in [1.807, 2.05) is 11.8 Å². The van der Waals surface area contributed by atoms with Crippen molar-refractivity contribution in [2.45, 2.75) is 19.4 Å². The van der Waals surface area contributed by atoms with E-state index < -0.39 is 12.5 Å². The highest BCUT2D eigenvalue weighted by Crippen LogP contribution is 2.34. The summed E-state index contributed by atoms with van der Waals surface area (Å²) in [6, 6.07) is 4.16. The molecule has 8 heteroatoms. The third kappa shape index (κ3) is 5.64. The van der Waals surface area contributed by atoms with Gasteiger partial charge in [0.05, 0.1) is 19.8 Å². The number of alkyl halides is 2. The van der Waals surface area contributed by atoms with Gasteiger partial charge >= 0.3 is 0 Å². The number of rotatable bonds is 6. The fraction of sp³-hybridized carbons (Fsp3) is 0.600. The van der Waals surface area contributed by atoms with Gasteiger partial charge in [-0.2, -0.15) is 0 Å². The Morgan fingerprint density at radius 1 is 1.17 bits per heavy atom. The molecule has 1 aliphatic heterocycles. The number of piperazine rings is 1. The summed E-state index contributed by atoms with van der Waals surface area (Å²) < 4.78 is 37.7. The van der Waals surface area contributed by atoms with Crippen molar-refractivity contribution in [3.8, 4) is 11.5 Å². The molecule has 1 atom stereocenters. The average molecular weight is 373 g/mol. The molecule has 1 aromatic carbocycles. The fourth-order valence-corrected chi connectivity index (χ4v) is 2.62. The molecule has 4 nitrogen and oxygen atoms in total. The standard InChI is InChI=1S/C15H22F2N2O2.2ClH/c1-3-21-12-5-4-11(10-13(12)20-2)14(15(16)17)19-8-6-18-7-9-19;;/h4-5,10,14-15,18H,3,6-9H2,1-2H3;2*1H/t14-;;/m1../s1. The molecule has 1 aromatic rings. The normalized spacial score (nSPS) is 16.2. The summed E-state index contributed by atoms with van der Waals surface area (Å²) in [4.78, 5) is 1.82. The smallest absolute Gasteiger partial charge is 0.258 e. The first-order chi connectivity index (χ1) is 10.2. The number of halogens is 4. The molecule has 1 N–H and O–H groups in total. The number of ether oxygens (including phenoxy) is 2. The van der Waals surface area contributed by atoms with Crippen LogP contribution in [0.3, 0.4) is 0 Å². The lowest BCUT2D eigenvalue weighted by Crippen LogP contribution is -2.46. The van der Waals surface area contributed by atoms with E-state index in [4.69, 9.17) is 9.47 Å². The second-order valence-electron chi connectivity index (χ2n) is 4.91. The van der Waals surface area contributed by atoms with Crippen molar-refractivity contribution >= 4 is 24.8 Å². The van der Waals surface area contributed by atoms with Gasteiger partial charge in [0.2, 0.25) is 0 Å². The van der Waals surface area contributed by atoms with Crippen LogP contribution in [-0.2, 0) is 0 Å². The molecular formula is C15H24Cl2F2N2O2. The molecule has 0 amide bonds. The summed E-state index contributed by atoms with van der Waals surface area (Å²) in [5, 5.41) is 3.18. The van der Waals surface area contributed by atoms with Crippen LogP contribution in [0.2, 0.25) is 0 Å². The highest BCUT2D eigenvalue weighted by Gasteiger charge is 2.30. The predicted octanol–water partition coefficient (Wildman–Crippen LogP) is 3.15. The van der Waals surface area contributed by atoms with E-state index >= 15 is 0 Å². The highest BCUT2D eigenvalue weighted by atomic mass is 35.5. The Morgan fingerprint density at radius 3 is 2.35 bits per heavy atom. The van der Waals surface area contributed by atoms with E-state index in [2.05, 4.69) is 5.32 Å². The molecule has 0 spiro atoms. The maximum Gasteiger partial charge on any atom is 0.258 e. The van der Waals surface area contributed by atoms with Gasteiger partial charge < -0.3 is 14.8 Å². The summed E-state index contributed by atoms with van der Waals surface area (Å²) in [6.07, 6.45) is -2.44. The summed E-state index contributed by atoms with van der Waals surface area (Å²) in [5.74, 6) is 1.08. The Bertz CT molecular complexity index is 461. The average Bonchev–Trinajstić information content (AvgIpc) is 2.50. The van der Waals surface area contributed by atoms with Gasteiger partial charge in [0.1, 0.15) is 0 Å². The van der Waals surface area contributed by atoms with E-state index in [-0.39, 0.29) is 24.8 Å². The maximum absolute atomic E-state index is 13.5. The lowest BCUT2D eigenvalue weighted by atomic mass is 10.0. The van der Waals surface area contributed by atoms with E-state index in [1.165, 1.54) is 7.11 Å². The monoisotopic (exact) mass is 372 g/mol. The third-order valence-corrected chi connectivity index (χ3v) is 3.61. The molecule has 1 heterocycles. The molecule has 0 saturated carbocycles. The summed E-state index contributed by atoms with van der Waals surface area (Å²) in [6.45, 7) is 5.08. The van der Waals surface area contributed by atoms with Crippen LogP contribution in [0.5, 0.6) is 11.5 Å². The zero-order valence-electron chi connectivity index (χ0n) is 13.3. The van der Waals surface area contributed by atoms with Crippen molar-refractivity contribution < 1.29 is 18.3 Å². The molecule has 0 bridgehead atoms. The Morgan fingerprint density at radius 2 is 1.83 bits per heavy atom. The van der Waals surface area contributed by atoms with Gasteiger partial charge in [0.15, 0.2) is 11.5 Å². The molecule has 1 saturated heterocycles. The van der Waals surface area contributed by atoms with Gasteiger partial charge in [-0.3, -0.25) is 4.90 Å². The van der Waals surface area contributed by atoms with Crippen LogP contribution in [0, 0.1) is 0 Å². The topological polar surface area (TPSA) is 33.7 Å². The lowest BCUT2D eigenvalue weighted by molar-refractivity contribution is 0.0180. The van der Waals surface area contributed by atoms with Crippen LogP contribution in [0.25, 0.3) is 0 Å². The highest BCUT2D eigenvalue weighted by molar-refractivity contribution is 5.85. The van der Waals surface area contributed by atoms with Gasteiger partial charge in [-0.1, -0.05) is 6.07 Å². The van der Waals surface area contributed by atoms with Crippen molar-refractivity contribution in [3.05, 3.63) is 23.8 Å². The number of nitrogens with one attached hydrogen (secondary N) is 1. The van der Waals surface area contributed by atoms with Gasteiger partial charge in [0, 0.05) is 26.2 Å². The minimum Gasteiger partial charge on any atom is -0.493 e. The molecule has 2 rings (SSSR count). The molecule has 0 aliphatic carbocycles. The van der Waals surface area contributed by atoms with Crippen LogP contribution in [0.15, 0.2) is 18.2 Å². The summed E-state index contributed by atoms with van der Waals surface area (Å²) >= 11 is 0. The van der Waals surface area contributed by atoms with Crippen LogP contribution in [0.4, 0.5) is 8.78 Å². The van der Waals surface area contributed by atoms with E-state index in [0.29, 0.717) is 36.8 Å². The van der Waals surface area contributed by atoms with E-state index in [1.54, 1.807) is 18.2 Å². The lowest BCUT2D eigenvalue weighted by Gasteiger charge is -2.34. The zero-order valence-corrected chi connectivity index (χ0v) is 14.9. The Kier molecular flexibility index (Phi) is 10.5. The first kappa shape index (κ1) is 22.2. The quantitative estimate of drug-likeness (QED) is 0.831. The predicted molar refractivity (Wildman–Crippen MR) is 91.8 cm³/mol. The largest absolute Gasteiger partial charge is 0.493 e. The van der Waals surface area contributed by atoms with E-state index in [9.17, 15) is 8.78 Å². The zero-order chi connectivity index (χ0) is 15.2. The summed E-state index contributed by atoms with van der Waals surface area (Å²) in [7, 11) is 1.52. The molecule has 0 unspecified atom stereocenters. The van der Waals surface area contributed by atoms with Crippen molar-refractivity contribution in [1.82, 2.24) is 10.2 Å². The van der Waals surface area contributed by atoms with Crippen LogP contribution < -0.4 is 14.8 Å². The van der Waals surface area contributed by atoms with Crippen molar-refractivity contribution in [1.29, 1.82) is 0 Å². The van der Waals surface area contributed by atoms with Gasteiger partial charge in [0.25, 0.3) is 6.43 Å². The molecule has 134 valence electrons.